The van der Waals surface area contributed by atoms with Crippen molar-refractivity contribution in [2.75, 3.05) is 6.54 Å². The summed E-state index contributed by atoms with van der Waals surface area (Å²) in [6.45, 7) is 5.10. The molecular weight excluding hydrogens is 378 g/mol. The van der Waals surface area contributed by atoms with Gasteiger partial charge in [0.15, 0.2) is 0 Å². The summed E-state index contributed by atoms with van der Waals surface area (Å²) in [4.78, 5) is 14.0. The predicted molar refractivity (Wildman–Crippen MR) is 128 cm³/mol. The highest BCUT2D eigenvalue weighted by molar-refractivity contribution is 5.93. The molecular formula is C29H33NO. The minimum atomic E-state index is -0.631. The van der Waals surface area contributed by atoms with Crippen LogP contribution in [0.1, 0.15) is 60.9 Å². The van der Waals surface area contributed by atoms with Crippen molar-refractivity contribution in [2.24, 2.45) is 5.92 Å². The smallest absolute Gasteiger partial charge is 0.235 e. The molecule has 1 atom stereocenters. The van der Waals surface area contributed by atoms with Crippen LogP contribution in [0.2, 0.25) is 0 Å². The average molecular weight is 412 g/mol. The van der Waals surface area contributed by atoms with Crippen molar-refractivity contribution in [1.82, 2.24) is 5.32 Å². The maximum Gasteiger partial charge on any atom is 0.235 e. The lowest BCUT2D eigenvalue weighted by Gasteiger charge is -2.40. The van der Waals surface area contributed by atoms with Crippen molar-refractivity contribution in [3.8, 4) is 0 Å². The van der Waals surface area contributed by atoms with E-state index in [2.05, 4.69) is 98.0 Å². The van der Waals surface area contributed by atoms with Crippen molar-refractivity contribution < 1.29 is 4.79 Å². The van der Waals surface area contributed by atoms with E-state index >= 15 is 0 Å². The van der Waals surface area contributed by atoms with Gasteiger partial charge in [-0.3, -0.25) is 4.79 Å². The summed E-state index contributed by atoms with van der Waals surface area (Å²) < 4.78 is 0. The lowest BCUT2D eigenvalue weighted by atomic mass is 9.63. The fourth-order valence-corrected chi connectivity index (χ4v) is 4.92. The number of aryl methyl sites for hydroxylation is 1. The molecule has 160 valence electrons. The number of fused-ring (bicyclic) bond motifs is 2. The molecule has 1 unspecified atom stereocenters. The van der Waals surface area contributed by atoms with Gasteiger partial charge in [-0.2, -0.15) is 0 Å². The van der Waals surface area contributed by atoms with Crippen LogP contribution in [0.25, 0.3) is 0 Å². The van der Waals surface area contributed by atoms with Gasteiger partial charge in [0.05, 0.1) is 5.41 Å². The molecule has 0 radical (unpaired) electrons. The molecule has 31 heavy (non-hydrogen) atoms. The third-order valence-electron chi connectivity index (χ3n) is 6.89. The summed E-state index contributed by atoms with van der Waals surface area (Å²) in [6, 6.07) is 27.7. The van der Waals surface area contributed by atoms with E-state index in [-0.39, 0.29) is 5.91 Å². The van der Waals surface area contributed by atoms with Crippen molar-refractivity contribution in [3.63, 3.8) is 0 Å². The number of benzene rings is 3. The van der Waals surface area contributed by atoms with Gasteiger partial charge < -0.3 is 5.32 Å². The second-order valence-electron chi connectivity index (χ2n) is 8.96. The number of amides is 1. The van der Waals surface area contributed by atoms with Crippen LogP contribution in [0, 0.1) is 5.92 Å². The molecule has 0 aromatic heterocycles. The average Bonchev–Trinajstić information content (AvgIpc) is 2.82. The molecule has 1 N–H and O–H groups in total. The molecule has 0 saturated heterocycles. The molecule has 0 fully saturated rings. The van der Waals surface area contributed by atoms with E-state index in [4.69, 9.17) is 0 Å². The van der Waals surface area contributed by atoms with Crippen LogP contribution in [0.3, 0.4) is 0 Å². The Morgan fingerprint density at radius 1 is 0.903 bits per heavy atom. The molecule has 1 aliphatic carbocycles. The molecule has 0 heterocycles. The predicted octanol–water partition coefficient (Wildman–Crippen LogP) is 6.06. The minimum Gasteiger partial charge on any atom is -0.355 e. The van der Waals surface area contributed by atoms with Gasteiger partial charge in [-0.25, -0.2) is 0 Å². The summed E-state index contributed by atoms with van der Waals surface area (Å²) in [5.74, 6) is 0.625. The minimum absolute atomic E-state index is 0.153. The lowest BCUT2D eigenvalue weighted by molar-refractivity contribution is -0.126. The fraction of sp³-hybridized carbons (Fsp3) is 0.345. The standard InChI is InChI=1S/C29H33NO/c1-3-22(2)21-30-28(31)29(19-11-14-23-12-5-4-6-13-23)26-17-9-7-15-24(26)20-25-16-8-10-18-27(25)29/h4-10,12-13,15-18,22H,3,11,14,19-21H2,1-2H3,(H,30,31). The van der Waals surface area contributed by atoms with E-state index in [9.17, 15) is 4.79 Å². The monoisotopic (exact) mass is 411 g/mol. The van der Waals surface area contributed by atoms with Gasteiger partial charge in [0, 0.05) is 6.54 Å². The SMILES string of the molecule is CCC(C)CNC(=O)C1(CCCc2ccccc2)c2ccccc2Cc2ccccc21. The Morgan fingerprint density at radius 2 is 1.48 bits per heavy atom. The van der Waals surface area contributed by atoms with Gasteiger partial charge in [-0.1, -0.05) is 99.1 Å². The zero-order chi connectivity index (χ0) is 21.7. The first-order valence-corrected chi connectivity index (χ1v) is 11.6. The van der Waals surface area contributed by atoms with Crippen LogP contribution >= 0.6 is 0 Å². The number of nitrogens with one attached hydrogen (secondary N) is 1. The molecule has 1 amide bonds. The van der Waals surface area contributed by atoms with Crippen molar-refractivity contribution in [2.45, 2.75) is 51.4 Å². The lowest BCUT2D eigenvalue weighted by Crippen LogP contribution is -2.49. The third-order valence-corrected chi connectivity index (χ3v) is 6.89. The molecule has 0 aliphatic heterocycles. The first-order chi connectivity index (χ1) is 15.1. The molecule has 2 nitrogen and oxygen atoms in total. The Hall–Kier alpha value is -2.87. The first kappa shape index (κ1) is 21.4. The number of rotatable bonds is 8. The van der Waals surface area contributed by atoms with Gasteiger partial charge >= 0.3 is 0 Å². The van der Waals surface area contributed by atoms with E-state index in [1.54, 1.807) is 0 Å². The topological polar surface area (TPSA) is 29.1 Å². The Balaban J connectivity index is 1.74. The zero-order valence-electron chi connectivity index (χ0n) is 18.7. The maximum absolute atomic E-state index is 14.0. The van der Waals surface area contributed by atoms with E-state index < -0.39 is 5.41 Å². The summed E-state index contributed by atoms with van der Waals surface area (Å²) in [5.41, 5.74) is 5.62. The number of hydrogen-bond donors (Lipinski definition) is 1. The molecule has 3 aromatic rings. The Labute approximate surface area is 186 Å². The first-order valence-electron chi connectivity index (χ1n) is 11.6. The quantitative estimate of drug-likeness (QED) is 0.479. The van der Waals surface area contributed by atoms with Crippen molar-refractivity contribution in [1.29, 1.82) is 0 Å². The molecule has 0 spiro atoms. The number of carbonyl (C=O) groups excluding carboxylic acids is 1. The van der Waals surface area contributed by atoms with E-state index in [1.807, 2.05) is 0 Å². The van der Waals surface area contributed by atoms with Gasteiger partial charge in [0.1, 0.15) is 0 Å². The summed E-state index contributed by atoms with van der Waals surface area (Å²) in [6.07, 6.45) is 4.71. The van der Waals surface area contributed by atoms with E-state index in [0.717, 1.165) is 38.6 Å². The second-order valence-corrected chi connectivity index (χ2v) is 8.96. The Kier molecular flexibility index (Phi) is 6.56. The van der Waals surface area contributed by atoms with E-state index in [0.29, 0.717) is 5.92 Å². The van der Waals surface area contributed by atoms with Gasteiger partial charge in [0.25, 0.3) is 0 Å². The number of hydrogen-bond acceptors (Lipinski definition) is 1. The van der Waals surface area contributed by atoms with Crippen molar-refractivity contribution >= 4 is 5.91 Å². The highest BCUT2D eigenvalue weighted by Crippen LogP contribution is 2.45. The third kappa shape index (κ3) is 4.30. The van der Waals surface area contributed by atoms with Crippen LogP contribution in [-0.2, 0) is 23.1 Å². The van der Waals surface area contributed by atoms with Gasteiger partial charge in [-0.15, -0.1) is 0 Å². The second kappa shape index (κ2) is 9.51. The van der Waals surface area contributed by atoms with Crippen molar-refractivity contribution in [3.05, 3.63) is 107 Å². The molecule has 2 heteroatoms. The van der Waals surface area contributed by atoms with Gasteiger partial charge in [0.2, 0.25) is 5.91 Å². The molecule has 3 aromatic carbocycles. The highest BCUT2D eigenvalue weighted by atomic mass is 16.2. The van der Waals surface area contributed by atoms with Crippen LogP contribution in [-0.4, -0.2) is 12.5 Å². The van der Waals surface area contributed by atoms with Crippen LogP contribution in [0.5, 0.6) is 0 Å². The molecule has 0 saturated carbocycles. The molecule has 4 rings (SSSR count). The highest BCUT2D eigenvalue weighted by Gasteiger charge is 2.46. The fourth-order valence-electron chi connectivity index (χ4n) is 4.92. The normalized spacial score (nSPS) is 14.9. The van der Waals surface area contributed by atoms with E-state index in [1.165, 1.54) is 27.8 Å². The number of carbonyl (C=O) groups is 1. The van der Waals surface area contributed by atoms with Crippen LogP contribution in [0.4, 0.5) is 0 Å². The Morgan fingerprint density at radius 3 is 2.10 bits per heavy atom. The summed E-state index contributed by atoms with van der Waals surface area (Å²) in [7, 11) is 0. The van der Waals surface area contributed by atoms with Crippen LogP contribution in [0.15, 0.2) is 78.9 Å². The Bertz CT molecular complexity index is 978. The zero-order valence-corrected chi connectivity index (χ0v) is 18.7. The summed E-state index contributed by atoms with van der Waals surface area (Å²) in [5, 5.41) is 3.34. The molecule has 1 aliphatic rings. The van der Waals surface area contributed by atoms with Crippen LogP contribution < -0.4 is 5.32 Å². The molecule has 0 bridgehead atoms. The maximum atomic E-state index is 14.0. The summed E-state index contributed by atoms with van der Waals surface area (Å²) >= 11 is 0. The largest absolute Gasteiger partial charge is 0.355 e. The van der Waals surface area contributed by atoms with Gasteiger partial charge in [-0.05, 0) is 59.4 Å².